The summed E-state index contributed by atoms with van der Waals surface area (Å²) in [5, 5.41) is 30.0. The molecule has 162 valence electrons. The Morgan fingerprint density at radius 2 is 0.567 bits per heavy atom. The lowest BCUT2D eigenvalue weighted by atomic mass is 10.3. The van der Waals surface area contributed by atoms with Crippen LogP contribution in [0.25, 0.3) is 0 Å². The summed E-state index contributed by atoms with van der Waals surface area (Å²) >= 11 is 0. The van der Waals surface area contributed by atoms with Crippen molar-refractivity contribution in [1.29, 1.82) is 0 Å². The Morgan fingerprint density at radius 1 is 0.400 bits per heavy atom. The molecule has 0 bridgehead atoms. The van der Waals surface area contributed by atoms with Gasteiger partial charge in [0.25, 0.3) is 17.1 Å². The van der Waals surface area contributed by atoms with E-state index in [0.29, 0.717) is 0 Å². The number of hydrogen-bond acceptors (Lipinski definition) is 6. The van der Waals surface area contributed by atoms with E-state index in [2.05, 4.69) is 0 Å². The van der Waals surface area contributed by atoms with Gasteiger partial charge in [0.05, 0.1) is 14.8 Å². The highest BCUT2D eigenvalue weighted by atomic mass is 19.0. The molecule has 0 heterocycles. The average Bonchev–Trinajstić information content (AvgIpc) is 2.71. The maximum absolute atomic E-state index is 10.0. The van der Waals surface area contributed by atoms with Gasteiger partial charge in [-0.05, 0) is 0 Å². The summed E-state index contributed by atoms with van der Waals surface area (Å²) in [7, 11) is 0. The fourth-order valence-electron chi connectivity index (χ4n) is 1.65. The van der Waals surface area contributed by atoms with E-state index in [9.17, 15) is 30.3 Å². The number of nitro groups is 3. The van der Waals surface area contributed by atoms with Crippen LogP contribution in [0.15, 0.2) is 91.0 Å². The third kappa shape index (κ3) is 12.1. The molecule has 9 nitrogen and oxygen atoms in total. The molecule has 0 amide bonds. The zero-order valence-electron chi connectivity index (χ0n) is 15.2. The number of para-hydroxylation sites is 3. The van der Waals surface area contributed by atoms with Crippen LogP contribution in [0, 0.1) is 30.3 Å². The zero-order chi connectivity index (χ0) is 20.1. The monoisotopic (exact) mass is 429 g/mol. The van der Waals surface area contributed by atoms with E-state index in [-0.39, 0.29) is 31.2 Å². The van der Waals surface area contributed by atoms with Crippen LogP contribution in [0.1, 0.15) is 0 Å². The van der Waals surface area contributed by atoms with Gasteiger partial charge in [-0.2, -0.15) is 0 Å². The minimum atomic E-state index is -0.417. The second-order valence-electron chi connectivity index (χ2n) is 4.78. The van der Waals surface area contributed by atoms with Crippen molar-refractivity contribution in [3.8, 4) is 0 Å². The summed E-state index contributed by atoms with van der Waals surface area (Å²) < 4.78 is 0. The molecule has 0 atom stereocenters. The average molecular weight is 429 g/mol. The lowest BCUT2D eigenvalue weighted by molar-refractivity contribution is -0.385. The molecule has 0 aliphatic rings. The van der Waals surface area contributed by atoms with E-state index in [1.807, 2.05) is 0 Å². The first-order valence-electron chi connectivity index (χ1n) is 7.50. The largest absolute Gasteiger partial charge is 0.269 e. The van der Waals surface area contributed by atoms with Crippen LogP contribution >= 0.6 is 0 Å². The lowest BCUT2D eigenvalue weighted by Gasteiger charge is -1.85. The second-order valence-corrected chi connectivity index (χ2v) is 4.78. The smallest absolute Gasteiger partial charge is 0.269 e. The third-order valence-corrected chi connectivity index (χ3v) is 2.90. The van der Waals surface area contributed by atoms with Crippen LogP contribution < -0.4 is 0 Å². The van der Waals surface area contributed by atoms with Gasteiger partial charge < -0.3 is 0 Å². The first-order valence-corrected chi connectivity index (χ1v) is 7.50. The topological polar surface area (TPSA) is 129 Å². The van der Waals surface area contributed by atoms with Gasteiger partial charge in [0.2, 0.25) is 0 Å². The summed E-state index contributed by atoms with van der Waals surface area (Å²) in [6, 6.07) is 23.8. The highest BCUT2D eigenvalue weighted by Crippen LogP contribution is 2.08. The molecule has 0 unspecified atom stereocenters. The Kier molecular flexibility index (Phi) is 17.0. The van der Waals surface area contributed by atoms with Gasteiger partial charge >= 0.3 is 0 Å². The summed E-state index contributed by atoms with van der Waals surface area (Å²) in [5.41, 5.74) is 0.410. The number of nitro benzene ring substituents is 3. The lowest BCUT2D eigenvalue weighted by Crippen LogP contribution is -1.84. The second kappa shape index (κ2) is 16.8. The molecule has 0 N–H and O–H groups in total. The highest BCUT2D eigenvalue weighted by molar-refractivity contribution is 5.29. The van der Waals surface area contributed by atoms with Crippen molar-refractivity contribution in [2.24, 2.45) is 0 Å². The minimum absolute atomic E-state index is 0. The van der Waals surface area contributed by atoms with Gasteiger partial charge in [0.1, 0.15) is 0 Å². The third-order valence-electron chi connectivity index (χ3n) is 2.90. The van der Waals surface area contributed by atoms with E-state index < -0.39 is 14.8 Å². The quantitative estimate of drug-likeness (QED) is 0.413. The number of rotatable bonds is 3. The molecule has 3 rings (SSSR count). The van der Waals surface area contributed by atoms with Crippen LogP contribution in [0.2, 0.25) is 0 Å². The normalized spacial score (nSPS) is 8.00. The molecule has 0 saturated carbocycles. The van der Waals surface area contributed by atoms with Crippen molar-refractivity contribution < 1.29 is 28.9 Å². The Hall–Kier alpha value is -4.35. The van der Waals surface area contributed by atoms with E-state index in [4.69, 9.17) is 0 Å². The number of non-ortho nitro benzene ring substituents is 3. The van der Waals surface area contributed by atoms with Gasteiger partial charge in [-0.3, -0.25) is 44.5 Å². The van der Waals surface area contributed by atoms with Gasteiger partial charge in [0, 0.05) is 36.4 Å². The fraction of sp³-hybridized carbons (Fsp3) is 0. The summed E-state index contributed by atoms with van der Waals surface area (Å²) in [6.45, 7) is 0. The predicted octanol–water partition coefficient (Wildman–Crippen LogP) is 5.24. The molecule has 3 aromatic rings. The van der Waals surface area contributed by atoms with Gasteiger partial charge in [-0.1, -0.05) is 54.6 Å². The number of nitrogens with zero attached hydrogens (tertiary/aromatic N) is 3. The molecule has 30 heavy (non-hydrogen) atoms. The van der Waals surface area contributed by atoms with Crippen molar-refractivity contribution in [3.63, 3.8) is 0 Å². The van der Waals surface area contributed by atoms with Crippen molar-refractivity contribution in [2.75, 3.05) is 0 Å². The van der Waals surface area contributed by atoms with Crippen LogP contribution in [0.5, 0.6) is 0 Å². The predicted molar refractivity (Wildman–Crippen MR) is 107 cm³/mol. The minimum Gasteiger partial charge on any atom is -0.269 e. The standard InChI is InChI=1S/3C6H5NO2.3FH/c3*8-7(9)6-4-2-1-3-5-6;;;/h3*1-5H;3*1H. The van der Waals surface area contributed by atoms with Gasteiger partial charge in [-0.15, -0.1) is 0 Å². The Labute approximate surface area is 168 Å². The van der Waals surface area contributed by atoms with Gasteiger partial charge in [-0.25, -0.2) is 0 Å². The maximum atomic E-state index is 10.0. The first kappa shape index (κ1) is 30.4. The van der Waals surface area contributed by atoms with E-state index in [1.165, 1.54) is 36.4 Å². The molecular weight excluding hydrogens is 411 g/mol. The number of halogens is 3. The Bertz CT molecular complexity index is 754. The fourth-order valence-corrected chi connectivity index (χ4v) is 1.65. The maximum Gasteiger partial charge on any atom is 0.269 e. The van der Waals surface area contributed by atoms with Crippen LogP contribution in [-0.2, 0) is 0 Å². The van der Waals surface area contributed by atoms with Crippen LogP contribution in [-0.4, -0.2) is 14.8 Å². The molecule has 0 saturated heterocycles. The number of hydrogen-bond donors (Lipinski definition) is 0. The van der Waals surface area contributed by atoms with E-state index in [0.717, 1.165) is 0 Å². The van der Waals surface area contributed by atoms with Gasteiger partial charge in [0.15, 0.2) is 0 Å². The highest BCUT2D eigenvalue weighted by Gasteiger charge is 2.00. The first-order chi connectivity index (χ1) is 12.9. The molecule has 0 radical (unpaired) electrons. The summed E-state index contributed by atoms with van der Waals surface area (Å²) in [5.74, 6) is 0. The van der Waals surface area contributed by atoms with E-state index in [1.54, 1.807) is 54.6 Å². The SMILES string of the molecule is F.F.F.O=[N+]([O-])c1ccccc1.O=[N+]([O-])c1ccccc1.O=[N+]([O-])c1ccccc1. The zero-order valence-corrected chi connectivity index (χ0v) is 15.2. The van der Waals surface area contributed by atoms with Crippen molar-refractivity contribution in [1.82, 2.24) is 0 Å². The molecular formula is C18H18F3N3O6. The molecule has 0 aliphatic carbocycles. The number of benzene rings is 3. The van der Waals surface area contributed by atoms with Crippen molar-refractivity contribution in [3.05, 3.63) is 121 Å². The Balaban J connectivity index is -0.000000347. The molecule has 3 aromatic carbocycles. The summed E-state index contributed by atoms with van der Waals surface area (Å²) in [4.78, 5) is 28.8. The van der Waals surface area contributed by atoms with Crippen LogP contribution in [0.4, 0.5) is 31.2 Å². The summed E-state index contributed by atoms with van der Waals surface area (Å²) in [6.07, 6.45) is 0. The molecule has 0 fully saturated rings. The van der Waals surface area contributed by atoms with Crippen LogP contribution in [0.3, 0.4) is 0 Å². The van der Waals surface area contributed by atoms with Crippen molar-refractivity contribution >= 4 is 17.1 Å². The molecule has 0 spiro atoms. The van der Waals surface area contributed by atoms with E-state index >= 15 is 0 Å². The molecule has 0 aliphatic heterocycles. The Morgan fingerprint density at radius 3 is 0.667 bits per heavy atom. The molecule has 12 heteroatoms. The van der Waals surface area contributed by atoms with Crippen molar-refractivity contribution in [2.45, 2.75) is 0 Å². The molecule has 0 aromatic heterocycles.